The van der Waals surface area contributed by atoms with E-state index < -0.39 is 0 Å². The van der Waals surface area contributed by atoms with Crippen LogP contribution in [0.15, 0.2) is 97.8 Å². The van der Waals surface area contributed by atoms with Gasteiger partial charge in [-0.3, -0.25) is 0 Å². The minimum atomic E-state index is 0.228. The summed E-state index contributed by atoms with van der Waals surface area (Å²) in [5.41, 5.74) is 4.78. The molecular weight excluding hydrogens is 378 g/mol. The van der Waals surface area contributed by atoms with Crippen molar-refractivity contribution in [3.05, 3.63) is 109 Å². The molecule has 0 unspecified atom stereocenters. The number of rotatable bonds is 9. The Balaban J connectivity index is 1.85. The molecule has 4 nitrogen and oxygen atoms in total. The number of aromatic nitrogens is 2. The fourth-order valence-electron chi connectivity index (χ4n) is 2.71. The number of anilines is 1. The molecule has 3 aromatic rings. The summed E-state index contributed by atoms with van der Waals surface area (Å²) < 4.78 is 3.32. The van der Waals surface area contributed by atoms with Crippen molar-refractivity contribution in [3.63, 3.8) is 0 Å². The highest BCUT2D eigenvalue weighted by atomic mass is 32.2. The van der Waals surface area contributed by atoms with E-state index in [1.807, 2.05) is 42.5 Å². The van der Waals surface area contributed by atoms with Gasteiger partial charge < -0.3 is 9.83 Å². The van der Waals surface area contributed by atoms with Crippen LogP contribution >= 0.6 is 11.9 Å². The molecule has 2 N–H and O–H groups in total. The summed E-state index contributed by atoms with van der Waals surface area (Å²) in [5, 5.41) is 9.53. The van der Waals surface area contributed by atoms with E-state index in [2.05, 4.69) is 35.0 Å². The van der Waals surface area contributed by atoms with Crippen LogP contribution in [0.4, 0.5) is 5.82 Å². The molecule has 2 aromatic carbocycles. The van der Waals surface area contributed by atoms with Crippen LogP contribution in [0.3, 0.4) is 0 Å². The largest absolute Gasteiger partial charge is 0.508 e. The highest BCUT2D eigenvalue weighted by Crippen LogP contribution is 2.25. The molecule has 0 amide bonds. The summed E-state index contributed by atoms with van der Waals surface area (Å²) in [4.78, 5) is 9.47. The third kappa shape index (κ3) is 5.83. The van der Waals surface area contributed by atoms with Crippen molar-refractivity contribution in [1.82, 2.24) is 9.97 Å². The van der Waals surface area contributed by atoms with Gasteiger partial charge in [-0.1, -0.05) is 61.7 Å². The number of benzene rings is 2. The van der Waals surface area contributed by atoms with Crippen LogP contribution in [0.2, 0.25) is 0 Å². The highest BCUT2D eigenvalue weighted by molar-refractivity contribution is 8.00. The third-order valence-corrected chi connectivity index (χ3v) is 5.04. The third-order valence-electron chi connectivity index (χ3n) is 4.22. The van der Waals surface area contributed by atoms with Crippen LogP contribution in [0, 0.1) is 0 Å². The number of hydrogen-bond acceptors (Lipinski definition) is 5. The first-order chi connectivity index (χ1) is 14.2. The lowest BCUT2D eigenvalue weighted by Crippen LogP contribution is -2.04. The molecule has 0 radical (unpaired) electrons. The lowest BCUT2D eigenvalue weighted by Gasteiger charge is -2.12. The number of nitrogens with one attached hydrogen (secondary N) is 1. The van der Waals surface area contributed by atoms with Crippen molar-refractivity contribution in [2.24, 2.45) is 0 Å². The SMILES string of the molecule is C=C/C=C(\C=C)CSNc1ncc(-c2ccc(O)cc2)nc1Cc1ccccc1. The Morgan fingerprint density at radius 3 is 2.52 bits per heavy atom. The molecule has 146 valence electrons. The molecule has 0 saturated carbocycles. The summed E-state index contributed by atoms with van der Waals surface area (Å²) in [7, 11) is 0. The minimum absolute atomic E-state index is 0.228. The Bertz CT molecular complexity index is 998. The Hall–Kier alpha value is -3.31. The first kappa shape index (κ1) is 20.4. The lowest BCUT2D eigenvalue weighted by atomic mass is 10.1. The topological polar surface area (TPSA) is 58.0 Å². The van der Waals surface area contributed by atoms with Gasteiger partial charge in [0.1, 0.15) is 5.75 Å². The maximum absolute atomic E-state index is 9.53. The molecule has 0 aliphatic heterocycles. The molecule has 0 saturated heterocycles. The van der Waals surface area contributed by atoms with Crippen LogP contribution in [0.5, 0.6) is 5.75 Å². The molecule has 29 heavy (non-hydrogen) atoms. The predicted molar refractivity (Wildman–Crippen MR) is 123 cm³/mol. The Kier molecular flexibility index (Phi) is 7.25. The standard InChI is InChI=1S/C24H23N3OS/c1-3-8-18(4-2)17-29-27-24-22(15-19-9-6-5-7-10-19)26-23(16-25-24)20-11-13-21(28)14-12-20/h3-14,16,28H,1-2,15,17H2,(H,25,27)/b18-8+. The van der Waals surface area contributed by atoms with Gasteiger partial charge in [0.05, 0.1) is 17.6 Å². The molecule has 0 fully saturated rings. The van der Waals surface area contributed by atoms with E-state index in [9.17, 15) is 5.11 Å². The average molecular weight is 402 g/mol. The van der Waals surface area contributed by atoms with E-state index >= 15 is 0 Å². The molecule has 3 rings (SSSR count). The smallest absolute Gasteiger partial charge is 0.158 e. The maximum atomic E-state index is 9.53. The summed E-state index contributed by atoms with van der Waals surface area (Å²) in [6.45, 7) is 7.55. The number of aromatic hydroxyl groups is 1. The van der Waals surface area contributed by atoms with Gasteiger partial charge in [-0.05, 0) is 47.3 Å². The summed E-state index contributed by atoms with van der Waals surface area (Å²) >= 11 is 1.53. The molecular formula is C24H23N3OS. The molecule has 0 aliphatic rings. The summed E-state index contributed by atoms with van der Waals surface area (Å²) in [6, 6.07) is 17.2. The van der Waals surface area contributed by atoms with Crippen molar-refractivity contribution in [2.75, 3.05) is 10.5 Å². The number of nitrogens with zero attached hydrogens (tertiary/aromatic N) is 2. The Morgan fingerprint density at radius 2 is 1.83 bits per heavy atom. The van der Waals surface area contributed by atoms with E-state index in [1.54, 1.807) is 24.4 Å². The normalized spacial score (nSPS) is 11.1. The van der Waals surface area contributed by atoms with Crippen molar-refractivity contribution in [2.45, 2.75) is 6.42 Å². The molecule has 0 bridgehead atoms. The summed E-state index contributed by atoms with van der Waals surface area (Å²) in [5.74, 6) is 1.71. The van der Waals surface area contributed by atoms with E-state index in [0.717, 1.165) is 39.7 Å². The van der Waals surface area contributed by atoms with Gasteiger partial charge >= 0.3 is 0 Å². The van der Waals surface area contributed by atoms with E-state index in [4.69, 9.17) is 4.98 Å². The van der Waals surface area contributed by atoms with Crippen LogP contribution in [-0.4, -0.2) is 20.8 Å². The molecule has 5 heteroatoms. The van der Waals surface area contributed by atoms with Gasteiger partial charge in [-0.2, -0.15) is 0 Å². The maximum Gasteiger partial charge on any atom is 0.158 e. The zero-order valence-electron chi connectivity index (χ0n) is 16.1. The quantitative estimate of drug-likeness (QED) is 0.351. The first-order valence-corrected chi connectivity index (χ1v) is 10.2. The van der Waals surface area contributed by atoms with E-state index in [1.165, 1.54) is 11.9 Å². The van der Waals surface area contributed by atoms with Crippen molar-refractivity contribution in [3.8, 4) is 17.0 Å². The predicted octanol–water partition coefficient (Wildman–Crippen LogP) is 5.80. The monoisotopic (exact) mass is 401 g/mol. The summed E-state index contributed by atoms with van der Waals surface area (Å²) in [6.07, 6.45) is 7.93. The highest BCUT2D eigenvalue weighted by Gasteiger charge is 2.11. The minimum Gasteiger partial charge on any atom is -0.508 e. The first-order valence-electron chi connectivity index (χ1n) is 9.20. The van der Waals surface area contributed by atoms with Gasteiger partial charge in [-0.25, -0.2) is 9.97 Å². The van der Waals surface area contributed by atoms with Gasteiger partial charge in [0, 0.05) is 17.7 Å². The molecule has 1 heterocycles. The molecule has 0 atom stereocenters. The van der Waals surface area contributed by atoms with Crippen molar-refractivity contribution < 1.29 is 5.11 Å². The van der Waals surface area contributed by atoms with Crippen LogP contribution in [-0.2, 0) is 6.42 Å². The van der Waals surface area contributed by atoms with Crippen LogP contribution in [0.25, 0.3) is 11.3 Å². The van der Waals surface area contributed by atoms with Gasteiger partial charge in [0.2, 0.25) is 0 Å². The van der Waals surface area contributed by atoms with Crippen molar-refractivity contribution >= 4 is 17.8 Å². The Morgan fingerprint density at radius 1 is 1.07 bits per heavy atom. The van der Waals surface area contributed by atoms with Crippen LogP contribution in [0.1, 0.15) is 11.3 Å². The fraction of sp³-hybridized carbons (Fsp3) is 0.0833. The molecule has 1 aromatic heterocycles. The number of hydrogen-bond donors (Lipinski definition) is 2. The van der Waals surface area contributed by atoms with Gasteiger partial charge in [0.15, 0.2) is 5.82 Å². The lowest BCUT2D eigenvalue weighted by molar-refractivity contribution is 0.475. The van der Waals surface area contributed by atoms with Crippen LogP contribution < -0.4 is 4.72 Å². The molecule has 0 aliphatic carbocycles. The second-order valence-electron chi connectivity index (χ2n) is 6.33. The number of allylic oxidation sites excluding steroid dienone is 3. The zero-order chi connectivity index (χ0) is 20.5. The fourth-order valence-corrected chi connectivity index (χ4v) is 3.47. The number of phenols is 1. The Labute approximate surface area is 175 Å². The van der Waals surface area contributed by atoms with E-state index in [0.29, 0.717) is 6.42 Å². The zero-order valence-corrected chi connectivity index (χ0v) is 16.9. The van der Waals surface area contributed by atoms with Gasteiger partial charge in [-0.15, -0.1) is 0 Å². The number of phenolic OH excluding ortho intramolecular Hbond substituents is 1. The van der Waals surface area contributed by atoms with Crippen molar-refractivity contribution in [1.29, 1.82) is 0 Å². The van der Waals surface area contributed by atoms with Gasteiger partial charge in [0.25, 0.3) is 0 Å². The average Bonchev–Trinajstić information content (AvgIpc) is 2.75. The second kappa shape index (κ2) is 10.3. The second-order valence-corrected chi connectivity index (χ2v) is 7.11. The van der Waals surface area contributed by atoms with E-state index in [-0.39, 0.29) is 5.75 Å². The molecule has 0 spiro atoms.